The average Bonchev–Trinajstić information content (AvgIpc) is 2.58. The van der Waals surface area contributed by atoms with E-state index in [9.17, 15) is 9.59 Å². The molecule has 1 aromatic heterocycles. The van der Waals surface area contributed by atoms with Crippen molar-refractivity contribution in [2.24, 2.45) is 5.73 Å². The van der Waals surface area contributed by atoms with E-state index in [1.807, 2.05) is 13.2 Å². The maximum atomic E-state index is 9.48. The first-order chi connectivity index (χ1) is 6.70. The van der Waals surface area contributed by atoms with Crippen LogP contribution in [-0.4, -0.2) is 29.5 Å². The quantitative estimate of drug-likeness (QED) is 0.465. The number of nitrogens with one attached hydrogen (secondary N) is 3. The number of carbonyl (C=O) groups excluding carboxylic acids is 2. The van der Waals surface area contributed by atoms with Gasteiger partial charge in [-0.25, -0.2) is 9.78 Å². The summed E-state index contributed by atoms with van der Waals surface area (Å²) < 4.78 is 0. The van der Waals surface area contributed by atoms with Crippen LogP contribution in [0.5, 0.6) is 0 Å². The number of aromatic amines is 1. The molecule has 14 heavy (non-hydrogen) atoms. The van der Waals surface area contributed by atoms with E-state index in [0.717, 1.165) is 12.4 Å². The summed E-state index contributed by atoms with van der Waals surface area (Å²) in [5.74, 6) is 0.979. The van der Waals surface area contributed by atoms with E-state index in [0.29, 0.717) is 0 Å². The van der Waals surface area contributed by atoms with Gasteiger partial charge in [0.25, 0.3) is 0 Å². The van der Waals surface area contributed by atoms with Crippen LogP contribution < -0.4 is 16.4 Å². The SMILES string of the molecule is CNCc1ncc[nH]1.NC(=O)NC=O. The van der Waals surface area contributed by atoms with E-state index in [2.05, 4.69) is 21.0 Å². The van der Waals surface area contributed by atoms with Crippen molar-refractivity contribution in [1.29, 1.82) is 0 Å². The molecule has 78 valence electrons. The second-order valence-electron chi connectivity index (χ2n) is 2.19. The molecule has 1 heterocycles. The topological polar surface area (TPSA) is 113 Å². The summed E-state index contributed by atoms with van der Waals surface area (Å²) in [7, 11) is 1.89. The monoisotopic (exact) mass is 199 g/mol. The Morgan fingerprint density at radius 2 is 2.50 bits per heavy atom. The van der Waals surface area contributed by atoms with Gasteiger partial charge in [0, 0.05) is 12.4 Å². The Bertz CT molecular complexity index is 259. The molecule has 1 rings (SSSR count). The summed E-state index contributed by atoms with van der Waals surface area (Å²) in [6, 6.07) is -0.829. The Balaban J connectivity index is 0.000000255. The van der Waals surface area contributed by atoms with Gasteiger partial charge >= 0.3 is 6.03 Å². The maximum absolute atomic E-state index is 9.48. The number of H-pyrrole nitrogens is 1. The van der Waals surface area contributed by atoms with Gasteiger partial charge in [0.1, 0.15) is 5.82 Å². The molecule has 0 radical (unpaired) electrons. The number of hydrogen-bond donors (Lipinski definition) is 4. The van der Waals surface area contributed by atoms with Crippen LogP contribution in [0.3, 0.4) is 0 Å². The number of urea groups is 1. The largest absolute Gasteiger partial charge is 0.351 e. The molecule has 0 bridgehead atoms. The van der Waals surface area contributed by atoms with Gasteiger partial charge in [0.2, 0.25) is 6.41 Å². The van der Waals surface area contributed by atoms with Crippen LogP contribution in [-0.2, 0) is 11.3 Å². The molecule has 0 aromatic carbocycles. The lowest BCUT2D eigenvalue weighted by Gasteiger charge is -1.89. The molecule has 0 saturated heterocycles. The fourth-order valence-corrected chi connectivity index (χ4v) is 0.620. The third kappa shape index (κ3) is 6.80. The molecule has 0 aliphatic rings. The summed E-state index contributed by atoms with van der Waals surface area (Å²) in [4.78, 5) is 25.6. The summed E-state index contributed by atoms with van der Waals surface area (Å²) in [5.41, 5.74) is 4.42. The van der Waals surface area contributed by atoms with Gasteiger partial charge in [-0.15, -0.1) is 0 Å². The molecule has 7 heteroatoms. The summed E-state index contributed by atoms with van der Waals surface area (Å²) >= 11 is 0. The molecule has 3 amide bonds. The number of primary amides is 1. The second kappa shape index (κ2) is 7.74. The predicted octanol–water partition coefficient (Wildman–Crippen LogP) is -1.06. The number of amides is 3. The minimum Gasteiger partial charge on any atom is -0.351 e. The number of carbonyl (C=O) groups is 2. The zero-order chi connectivity index (χ0) is 10.8. The predicted molar refractivity (Wildman–Crippen MR) is 50.1 cm³/mol. The van der Waals surface area contributed by atoms with Crippen molar-refractivity contribution in [3.8, 4) is 0 Å². The highest BCUT2D eigenvalue weighted by molar-refractivity contribution is 5.82. The minimum atomic E-state index is -0.829. The van der Waals surface area contributed by atoms with Gasteiger partial charge < -0.3 is 16.0 Å². The minimum absolute atomic E-state index is 0.225. The third-order valence-electron chi connectivity index (χ3n) is 1.10. The van der Waals surface area contributed by atoms with Crippen molar-refractivity contribution in [2.45, 2.75) is 6.54 Å². The Hall–Kier alpha value is -1.89. The van der Waals surface area contributed by atoms with Crippen molar-refractivity contribution in [2.75, 3.05) is 7.05 Å². The molecule has 0 atom stereocenters. The van der Waals surface area contributed by atoms with Crippen LogP contribution in [0.15, 0.2) is 12.4 Å². The number of nitrogens with zero attached hydrogens (tertiary/aromatic N) is 1. The Labute approximate surface area is 81.1 Å². The fourth-order valence-electron chi connectivity index (χ4n) is 0.620. The second-order valence-corrected chi connectivity index (χ2v) is 2.19. The van der Waals surface area contributed by atoms with Crippen molar-refractivity contribution in [3.63, 3.8) is 0 Å². The lowest BCUT2D eigenvalue weighted by molar-refractivity contribution is -0.108. The Morgan fingerprint density at radius 3 is 2.79 bits per heavy atom. The van der Waals surface area contributed by atoms with E-state index in [1.54, 1.807) is 11.5 Å². The van der Waals surface area contributed by atoms with Gasteiger partial charge in [0.05, 0.1) is 6.54 Å². The molecule has 0 saturated carbocycles. The molecular formula is C7H13N5O2. The van der Waals surface area contributed by atoms with Crippen molar-refractivity contribution in [3.05, 3.63) is 18.2 Å². The normalized spacial score (nSPS) is 8.36. The van der Waals surface area contributed by atoms with E-state index >= 15 is 0 Å². The summed E-state index contributed by atoms with van der Waals surface area (Å²) in [6.07, 6.45) is 3.78. The number of imidazole rings is 1. The van der Waals surface area contributed by atoms with Gasteiger partial charge in [-0.05, 0) is 7.05 Å². The van der Waals surface area contributed by atoms with Crippen LogP contribution in [0.4, 0.5) is 4.79 Å². The van der Waals surface area contributed by atoms with Crippen LogP contribution in [0.25, 0.3) is 0 Å². The molecule has 5 N–H and O–H groups in total. The first-order valence-electron chi connectivity index (χ1n) is 3.83. The smallest absolute Gasteiger partial charge is 0.318 e. The van der Waals surface area contributed by atoms with E-state index in [1.165, 1.54) is 0 Å². The molecule has 0 aliphatic carbocycles. The lowest BCUT2D eigenvalue weighted by Crippen LogP contribution is -2.27. The van der Waals surface area contributed by atoms with Gasteiger partial charge in [-0.1, -0.05) is 0 Å². The van der Waals surface area contributed by atoms with Crippen LogP contribution in [0.2, 0.25) is 0 Å². The first-order valence-corrected chi connectivity index (χ1v) is 3.83. The van der Waals surface area contributed by atoms with Gasteiger partial charge in [-0.2, -0.15) is 0 Å². The Morgan fingerprint density at radius 1 is 1.79 bits per heavy atom. The van der Waals surface area contributed by atoms with Crippen LogP contribution in [0, 0.1) is 0 Å². The van der Waals surface area contributed by atoms with E-state index in [-0.39, 0.29) is 6.41 Å². The molecule has 0 aliphatic heterocycles. The number of rotatable bonds is 3. The molecule has 0 unspecified atom stereocenters. The zero-order valence-electron chi connectivity index (χ0n) is 7.78. The highest BCUT2D eigenvalue weighted by Crippen LogP contribution is 1.83. The summed E-state index contributed by atoms with van der Waals surface area (Å²) in [6.45, 7) is 0.812. The third-order valence-corrected chi connectivity index (χ3v) is 1.10. The lowest BCUT2D eigenvalue weighted by atomic mass is 10.6. The van der Waals surface area contributed by atoms with Crippen molar-refractivity contribution in [1.82, 2.24) is 20.6 Å². The highest BCUT2D eigenvalue weighted by atomic mass is 16.2. The van der Waals surface area contributed by atoms with Crippen molar-refractivity contribution >= 4 is 12.4 Å². The summed E-state index contributed by atoms with van der Waals surface area (Å²) in [5, 5.41) is 4.64. The number of aromatic nitrogens is 2. The number of imide groups is 1. The fraction of sp³-hybridized carbons (Fsp3) is 0.286. The number of nitrogens with two attached hydrogens (primary N) is 1. The van der Waals surface area contributed by atoms with Crippen LogP contribution in [0.1, 0.15) is 5.82 Å². The number of hydrogen-bond acceptors (Lipinski definition) is 4. The highest BCUT2D eigenvalue weighted by Gasteiger charge is 1.86. The van der Waals surface area contributed by atoms with E-state index < -0.39 is 6.03 Å². The molecule has 0 spiro atoms. The maximum Gasteiger partial charge on any atom is 0.318 e. The zero-order valence-corrected chi connectivity index (χ0v) is 7.78. The molecular weight excluding hydrogens is 186 g/mol. The van der Waals surface area contributed by atoms with Gasteiger partial charge in [-0.3, -0.25) is 10.1 Å². The van der Waals surface area contributed by atoms with Crippen LogP contribution >= 0.6 is 0 Å². The standard InChI is InChI=1S/C5H9N3.C2H4N2O2/c1-6-4-5-7-2-3-8-5;3-2(6)4-1-5/h2-3,6H,4H2,1H3,(H,7,8);1H,(H3,3,4,5,6). The van der Waals surface area contributed by atoms with E-state index in [4.69, 9.17) is 0 Å². The molecule has 1 aromatic rings. The molecule has 7 nitrogen and oxygen atoms in total. The van der Waals surface area contributed by atoms with Crippen molar-refractivity contribution < 1.29 is 9.59 Å². The average molecular weight is 199 g/mol. The first kappa shape index (κ1) is 12.1. The van der Waals surface area contributed by atoms with Gasteiger partial charge in [0.15, 0.2) is 0 Å². The molecule has 0 fully saturated rings. The Kier molecular flexibility index (Phi) is 6.70.